The van der Waals surface area contributed by atoms with Crippen molar-refractivity contribution in [2.75, 3.05) is 13.1 Å². The Morgan fingerprint density at radius 1 is 1.26 bits per heavy atom. The fourth-order valence-corrected chi connectivity index (χ4v) is 2.03. The molecule has 1 atom stereocenters. The number of fused-ring (bicyclic) bond motifs is 1. The van der Waals surface area contributed by atoms with Crippen LogP contribution in [-0.4, -0.2) is 23.9 Å². The van der Waals surface area contributed by atoms with Gasteiger partial charge in [0.15, 0.2) is 0 Å². The minimum absolute atomic E-state index is 0.0354. The fourth-order valence-electron chi connectivity index (χ4n) is 2.03. The molecule has 0 saturated heterocycles. The van der Waals surface area contributed by atoms with Crippen LogP contribution in [0.15, 0.2) is 36.4 Å². The number of hydrogen-bond donors (Lipinski definition) is 1. The van der Waals surface area contributed by atoms with Crippen LogP contribution in [0.5, 0.6) is 0 Å². The predicted molar refractivity (Wildman–Crippen MR) is 78.2 cm³/mol. The van der Waals surface area contributed by atoms with Gasteiger partial charge in [-0.15, -0.1) is 0 Å². The van der Waals surface area contributed by atoms with Crippen LogP contribution in [0.25, 0.3) is 10.9 Å². The molecule has 0 aliphatic heterocycles. The summed E-state index contributed by atoms with van der Waals surface area (Å²) in [6, 6.07) is 11.9. The molecule has 1 N–H and O–H groups in total. The van der Waals surface area contributed by atoms with E-state index >= 15 is 0 Å². The van der Waals surface area contributed by atoms with Crippen molar-refractivity contribution in [2.24, 2.45) is 5.92 Å². The topological polar surface area (TPSA) is 42.0 Å². The highest BCUT2D eigenvalue weighted by Gasteiger charge is 2.13. The van der Waals surface area contributed by atoms with Gasteiger partial charge in [-0.3, -0.25) is 9.78 Å². The van der Waals surface area contributed by atoms with Gasteiger partial charge in [-0.25, -0.2) is 0 Å². The molecular formula is C16H20N2O. The van der Waals surface area contributed by atoms with Crippen LogP contribution in [0.1, 0.15) is 19.5 Å². The molecule has 1 unspecified atom stereocenters. The SMILES string of the molecule is CCNCC(C)C(=O)Cc1ccc2ccccc2n1. The summed E-state index contributed by atoms with van der Waals surface area (Å²) >= 11 is 0. The third-order valence-corrected chi connectivity index (χ3v) is 3.26. The van der Waals surface area contributed by atoms with Gasteiger partial charge in [0.1, 0.15) is 5.78 Å². The number of hydrogen-bond acceptors (Lipinski definition) is 3. The molecule has 2 rings (SSSR count). The van der Waals surface area contributed by atoms with Crippen LogP contribution < -0.4 is 5.32 Å². The maximum Gasteiger partial charge on any atom is 0.142 e. The summed E-state index contributed by atoms with van der Waals surface area (Å²) in [7, 11) is 0. The van der Waals surface area contributed by atoms with Crippen molar-refractivity contribution in [3.05, 3.63) is 42.1 Å². The van der Waals surface area contributed by atoms with Crippen molar-refractivity contribution in [1.82, 2.24) is 10.3 Å². The van der Waals surface area contributed by atoms with E-state index in [4.69, 9.17) is 0 Å². The van der Waals surface area contributed by atoms with Crippen molar-refractivity contribution < 1.29 is 4.79 Å². The standard InChI is InChI=1S/C16H20N2O/c1-3-17-11-12(2)16(19)10-14-9-8-13-6-4-5-7-15(13)18-14/h4-9,12,17H,3,10-11H2,1-2H3. The molecule has 19 heavy (non-hydrogen) atoms. The van der Waals surface area contributed by atoms with Gasteiger partial charge in [-0.05, 0) is 18.7 Å². The smallest absolute Gasteiger partial charge is 0.142 e. The van der Waals surface area contributed by atoms with Crippen LogP contribution in [0.4, 0.5) is 0 Å². The first-order chi connectivity index (χ1) is 9.20. The van der Waals surface area contributed by atoms with E-state index in [1.165, 1.54) is 0 Å². The van der Waals surface area contributed by atoms with Crippen molar-refractivity contribution in [3.8, 4) is 0 Å². The highest BCUT2D eigenvalue weighted by molar-refractivity contribution is 5.84. The third kappa shape index (κ3) is 3.61. The number of pyridine rings is 1. The van der Waals surface area contributed by atoms with Crippen LogP contribution >= 0.6 is 0 Å². The second-order valence-corrected chi connectivity index (χ2v) is 4.85. The second-order valence-electron chi connectivity index (χ2n) is 4.85. The molecule has 0 aliphatic carbocycles. The average molecular weight is 256 g/mol. The number of carbonyl (C=O) groups excluding carboxylic acids is 1. The van der Waals surface area contributed by atoms with Gasteiger partial charge >= 0.3 is 0 Å². The van der Waals surface area contributed by atoms with Crippen molar-refractivity contribution in [3.63, 3.8) is 0 Å². The maximum atomic E-state index is 12.1. The maximum absolute atomic E-state index is 12.1. The molecule has 0 spiro atoms. The molecule has 1 aromatic heterocycles. The summed E-state index contributed by atoms with van der Waals surface area (Å²) in [5.74, 6) is 0.275. The van der Waals surface area contributed by atoms with Crippen LogP contribution in [-0.2, 0) is 11.2 Å². The Balaban J connectivity index is 2.06. The minimum Gasteiger partial charge on any atom is -0.316 e. The quantitative estimate of drug-likeness (QED) is 0.863. The van der Waals surface area contributed by atoms with Gasteiger partial charge in [0.05, 0.1) is 5.52 Å². The number of nitrogens with zero attached hydrogens (tertiary/aromatic N) is 1. The number of aromatic nitrogens is 1. The first-order valence-electron chi connectivity index (χ1n) is 6.78. The van der Waals surface area contributed by atoms with Gasteiger partial charge in [-0.2, -0.15) is 0 Å². The highest BCUT2D eigenvalue weighted by atomic mass is 16.1. The molecule has 0 fully saturated rings. The summed E-state index contributed by atoms with van der Waals surface area (Å²) in [5, 5.41) is 4.31. The first-order valence-corrected chi connectivity index (χ1v) is 6.78. The zero-order valence-electron chi connectivity index (χ0n) is 11.5. The fraction of sp³-hybridized carbons (Fsp3) is 0.375. The lowest BCUT2D eigenvalue weighted by Gasteiger charge is -2.10. The molecule has 0 saturated carbocycles. The first kappa shape index (κ1) is 13.7. The Bertz CT molecular complexity index is 565. The summed E-state index contributed by atoms with van der Waals surface area (Å²) in [5.41, 5.74) is 1.80. The molecule has 100 valence electrons. The van der Waals surface area contributed by atoms with Crippen LogP contribution in [0.2, 0.25) is 0 Å². The number of para-hydroxylation sites is 1. The lowest BCUT2D eigenvalue weighted by molar-refractivity contribution is -0.121. The monoisotopic (exact) mass is 256 g/mol. The summed E-state index contributed by atoms with van der Waals surface area (Å²) in [4.78, 5) is 16.6. The highest BCUT2D eigenvalue weighted by Crippen LogP contribution is 2.13. The van der Waals surface area contributed by atoms with Gasteiger partial charge < -0.3 is 5.32 Å². The molecule has 3 heteroatoms. The van der Waals surface area contributed by atoms with Gasteiger partial charge in [0.25, 0.3) is 0 Å². The van der Waals surface area contributed by atoms with Crippen molar-refractivity contribution in [2.45, 2.75) is 20.3 Å². The van der Waals surface area contributed by atoms with Gasteiger partial charge in [0.2, 0.25) is 0 Å². The van der Waals surface area contributed by atoms with Crippen LogP contribution in [0, 0.1) is 5.92 Å². The Hall–Kier alpha value is -1.74. The Kier molecular flexibility index (Phi) is 4.63. The number of rotatable bonds is 6. The molecular weight excluding hydrogens is 236 g/mol. The molecule has 0 aliphatic rings. The molecule has 1 heterocycles. The molecule has 0 bridgehead atoms. The van der Waals surface area contributed by atoms with Gasteiger partial charge in [-0.1, -0.05) is 38.1 Å². The number of Topliss-reactive ketones (excluding diaryl/α,β-unsaturated/α-hetero) is 1. The second kappa shape index (κ2) is 6.43. The Morgan fingerprint density at radius 3 is 2.84 bits per heavy atom. The number of ketones is 1. The van der Waals surface area contributed by atoms with Crippen molar-refractivity contribution >= 4 is 16.7 Å². The predicted octanol–water partition coefficient (Wildman–Crippen LogP) is 2.59. The summed E-state index contributed by atoms with van der Waals surface area (Å²) < 4.78 is 0. The molecule has 2 aromatic rings. The number of benzene rings is 1. The van der Waals surface area contributed by atoms with E-state index in [0.29, 0.717) is 6.42 Å². The molecule has 3 nitrogen and oxygen atoms in total. The molecule has 1 aromatic carbocycles. The van der Waals surface area contributed by atoms with E-state index in [2.05, 4.69) is 10.3 Å². The lowest BCUT2D eigenvalue weighted by Crippen LogP contribution is -2.27. The van der Waals surface area contributed by atoms with Gasteiger partial charge in [0, 0.05) is 30.0 Å². The lowest BCUT2D eigenvalue weighted by atomic mass is 10.0. The van der Waals surface area contributed by atoms with E-state index in [1.807, 2.05) is 50.2 Å². The normalized spacial score (nSPS) is 12.5. The van der Waals surface area contributed by atoms with E-state index in [9.17, 15) is 4.79 Å². The Labute approximate surface area is 114 Å². The minimum atomic E-state index is 0.0354. The van der Waals surface area contributed by atoms with Crippen LogP contribution in [0.3, 0.4) is 0 Å². The zero-order valence-corrected chi connectivity index (χ0v) is 11.5. The number of nitrogens with one attached hydrogen (secondary N) is 1. The van der Waals surface area contributed by atoms with Crippen molar-refractivity contribution in [1.29, 1.82) is 0 Å². The number of carbonyl (C=O) groups is 1. The zero-order chi connectivity index (χ0) is 13.7. The molecule has 0 amide bonds. The molecule has 0 radical (unpaired) electrons. The van der Waals surface area contributed by atoms with E-state index < -0.39 is 0 Å². The Morgan fingerprint density at radius 2 is 2.05 bits per heavy atom. The third-order valence-electron chi connectivity index (χ3n) is 3.26. The van der Waals surface area contributed by atoms with E-state index in [1.54, 1.807) is 0 Å². The summed E-state index contributed by atoms with van der Waals surface area (Å²) in [6.45, 7) is 5.64. The summed E-state index contributed by atoms with van der Waals surface area (Å²) in [6.07, 6.45) is 0.414. The van der Waals surface area contributed by atoms with E-state index in [-0.39, 0.29) is 11.7 Å². The van der Waals surface area contributed by atoms with E-state index in [0.717, 1.165) is 29.7 Å². The largest absolute Gasteiger partial charge is 0.316 e. The average Bonchev–Trinajstić information content (AvgIpc) is 2.44.